The third kappa shape index (κ3) is 13.9. The SMILES string of the molecule is CCn1nc(C)cc1C(=O)Nc1nc2cc(C(N)=O)cc(OCCCOC(C)C)c2[nH]1.CCn1nc(C)cc1C(=O)Nc1nc2cc(C(N)=O)cc(OCCCOC(C)C)c2[nH]1.Cl.Cl. The normalized spacial score (nSPS) is 10.9. The van der Waals surface area contributed by atoms with Crippen molar-refractivity contribution in [1.29, 1.82) is 0 Å². The van der Waals surface area contributed by atoms with Gasteiger partial charge in [0.05, 0.1) is 61.1 Å². The molecule has 0 aliphatic carbocycles. The highest BCUT2D eigenvalue weighted by Crippen LogP contribution is 2.29. The van der Waals surface area contributed by atoms with Crippen LogP contribution >= 0.6 is 24.8 Å². The lowest BCUT2D eigenvalue weighted by Crippen LogP contribution is -2.18. The van der Waals surface area contributed by atoms with E-state index in [2.05, 4.69) is 40.8 Å². The largest absolute Gasteiger partial charge is 0.491 e. The number of aromatic nitrogens is 8. The van der Waals surface area contributed by atoms with Crippen LogP contribution < -0.4 is 31.6 Å². The summed E-state index contributed by atoms with van der Waals surface area (Å²) in [7, 11) is 0. The van der Waals surface area contributed by atoms with Crippen LogP contribution in [0.25, 0.3) is 22.1 Å². The summed E-state index contributed by atoms with van der Waals surface area (Å²) in [5, 5.41) is 14.1. The minimum atomic E-state index is -0.592. The lowest BCUT2D eigenvalue weighted by atomic mass is 10.2. The van der Waals surface area contributed by atoms with Gasteiger partial charge in [0.25, 0.3) is 11.8 Å². The van der Waals surface area contributed by atoms with E-state index in [1.165, 1.54) is 0 Å². The van der Waals surface area contributed by atoms with Gasteiger partial charge in [-0.3, -0.25) is 39.2 Å². The summed E-state index contributed by atoms with van der Waals surface area (Å²) in [4.78, 5) is 63.7. The molecular formula is C42H58Cl2N12O8. The number of nitrogens with one attached hydrogen (secondary N) is 4. The number of imidazole rings is 2. The Morgan fingerprint density at radius 1 is 0.625 bits per heavy atom. The summed E-state index contributed by atoms with van der Waals surface area (Å²) in [5.74, 6) is -0.546. The molecule has 4 amide bonds. The van der Waals surface area contributed by atoms with Crippen molar-refractivity contribution >= 4 is 82.4 Å². The number of fused-ring (bicyclic) bond motifs is 2. The second-order valence-corrected chi connectivity index (χ2v) is 14.8. The van der Waals surface area contributed by atoms with E-state index in [9.17, 15) is 19.2 Å². The Labute approximate surface area is 382 Å². The lowest BCUT2D eigenvalue weighted by Gasteiger charge is -2.10. The Bertz CT molecular complexity index is 2360. The van der Waals surface area contributed by atoms with Crippen molar-refractivity contribution in [3.05, 3.63) is 70.3 Å². The third-order valence-corrected chi connectivity index (χ3v) is 9.01. The van der Waals surface area contributed by atoms with Crippen LogP contribution in [0, 0.1) is 13.8 Å². The van der Waals surface area contributed by atoms with Crippen LogP contribution in [0.15, 0.2) is 36.4 Å². The summed E-state index contributed by atoms with van der Waals surface area (Å²) >= 11 is 0. The van der Waals surface area contributed by atoms with Gasteiger partial charge in [-0.1, -0.05) is 0 Å². The van der Waals surface area contributed by atoms with Crippen molar-refractivity contribution < 1.29 is 38.1 Å². The number of hydrogen-bond acceptors (Lipinski definition) is 12. The van der Waals surface area contributed by atoms with Crippen LogP contribution in [0.2, 0.25) is 0 Å². The van der Waals surface area contributed by atoms with Crippen LogP contribution in [0.1, 0.15) is 107 Å². The summed E-state index contributed by atoms with van der Waals surface area (Å²) in [6.45, 7) is 18.4. The van der Waals surface area contributed by atoms with Gasteiger partial charge in [0.15, 0.2) is 0 Å². The molecule has 0 spiro atoms. The van der Waals surface area contributed by atoms with Crippen molar-refractivity contribution in [3.8, 4) is 11.5 Å². The maximum atomic E-state index is 12.7. The number of rotatable bonds is 20. The number of nitrogens with two attached hydrogens (primary N) is 2. The number of halogens is 2. The molecule has 0 aliphatic rings. The number of carbonyl (C=O) groups is 4. The van der Waals surface area contributed by atoms with Gasteiger partial charge < -0.3 is 40.4 Å². The zero-order valence-electron chi connectivity index (χ0n) is 37.2. The Kier molecular flexibility index (Phi) is 19.6. The molecule has 0 saturated heterocycles. The molecule has 20 nitrogen and oxygen atoms in total. The minimum Gasteiger partial charge on any atom is -0.491 e. The van der Waals surface area contributed by atoms with Crippen LogP contribution in [0.4, 0.5) is 11.9 Å². The van der Waals surface area contributed by atoms with Crippen molar-refractivity contribution in [2.45, 2.75) is 93.5 Å². The summed E-state index contributed by atoms with van der Waals surface area (Å²) < 4.78 is 26.0. The van der Waals surface area contributed by atoms with Gasteiger partial charge in [0, 0.05) is 37.1 Å². The van der Waals surface area contributed by atoms with E-state index in [1.54, 1.807) is 45.8 Å². The molecule has 0 radical (unpaired) electrons. The number of benzene rings is 2. The maximum Gasteiger partial charge on any atom is 0.276 e. The van der Waals surface area contributed by atoms with Crippen LogP contribution in [-0.2, 0) is 22.6 Å². The fraction of sp³-hybridized carbons (Fsp3) is 0.429. The lowest BCUT2D eigenvalue weighted by molar-refractivity contribution is 0.0692. The molecule has 8 N–H and O–H groups in total. The van der Waals surface area contributed by atoms with Gasteiger partial charge in [-0.15, -0.1) is 24.8 Å². The molecule has 348 valence electrons. The number of aryl methyl sites for hydroxylation is 4. The number of amides is 4. The second kappa shape index (κ2) is 24.0. The predicted molar refractivity (Wildman–Crippen MR) is 247 cm³/mol. The smallest absolute Gasteiger partial charge is 0.276 e. The minimum absolute atomic E-state index is 0. The number of anilines is 2. The first kappa shape index (κ1) is 52.1. The third-order valence-electron chi connectivity index (χ3n) is 9.01. The topological polar surface area (TPSA) is 274 Å². The van der Waals surface area contributed by atoms with E-state index in [0.717, 1.165) is 11.4 Å². The van der Waals surface area contributed by atoms with E-state index >= 15 is 0 Å². The first-order valence-electron chi connectivity index (χ1n) is 20.4. The van der Waals surface area contributed by atoms with Crippen LogP contribution in [0.5, 0.6) is 11.5 Å². The molecule has 64 heavy (non-hydrogen) atoms. The number of ether oxygens (including phenoxy) is 4. The predicted octanol–water partition coefficient (Wildman–Crippen LogP) is 6.11. The molecule has 0 atom stereocenters. The number of carbonyl (C=O) groups excluding carboxylic acids is 4. The van der Waals surface area contributed by atoms with Crippen molar-refractivity contribution in [2.24, 2.45) is 11.5 Å². The number of hydrogen-bond donors (Lipinski definition) is 6. The highest BCUT2D eigenvalue weighted by molar-refractivity contribution is 6.05. The quantitative estimate of drug-likeness (QED) is 0.0474. The Balaban J connectivity index is 0.000000330. The van der Waals surface area contributed by atoms with Crippen molar-refractivity contribution in [1.82, 2.24) is 39.5 Å². The van der Waals surface area contributed by atoms with E-state index in [1.807, 2.05) is 55.4 Å². The van der Waals surface area contributed by atoms with Gasteiger partial charge in [0.2, 0.25) is 23.7 Å². The molecule has 4 heterocycles. The highest BCUT2D eigenvalue weighted by atomic mass is 35.5. The molecule has 2 aromatic carbocycles. The Morgan fingerprint density at radius 3 is 1.33 bits per heavy atom. The van der Waals surface area contributed by atoms with E-state index in [4.69, 9.17) is 30.4 Å². The Morgan fingerprint density at radius 2 is 1.00 bits per heavy atom. The van der Waals surface area contributed by atoms with Gasteiger partial charge in [-0.25, -0.2) is 9.97 Å². The zero-order chi connectivity index (χ0) is 45.1. The molecule has 0 aliphatic heterocycles. The second-order valence-electron chi connectivity index (χ2n) is 14.8. The van der Waals surface area contributed by atoms with E-state index in [0.29, 0.717) is 97.3 Å². The van der Waals surface area contributed by atoms with Crippen molar-refractivity contribution in [3.63, 3.8) is 0 Å². The molecule has 4 aromatic heterocycles. The van der Waals surface area contributed by atoms with E-state index in [-0.39, 0.29) is 71.9 Å². The Hall–Kier alpha value is -6.22. The highest BCUT2D eigenvalue weighted by Gasteiger charge is 2.20. The van der Waals surface area contributed by atoms with Gasteiger partial charge in [0.1, 0.15) is 33.9 Å². The summed E-state index contributed by atoms with van der Waals surface area (Å²) in [6, 6.07) is 9.65. The number of primary amides is 2. The first-order chi connectivity index (χ1) is 29.6. The molecule has 22 heteroatoms. The summed E-state index contributed by atoms with van der Waals surface area (Å²) in [6.07, 6.45) is 1.66. The zero-order valence-corrected chi connectivity index (χ0v) is 38.8. The molecule has 0 fully saturated rings. The first-order valence-corrected chi connectivity index (χ1v) is 20.4. The number of nitrogens with zero attached hydrogens (tertiary/aromatic N) is 6. The van der Waals surface area contributed by atoms with Crippen LogP contribution in [0.3, 0.4) is 0 Å². The average Bonchev–Trinajstić information content (AvgIpc) is 4.01. The molecule has 6 aromatic rings. The fourth-order valence-corrected chi connectivity index (χ4v) is 6.20. The van der Waals surface area contributed by atoms with Gasteiger partial charge >= 0.3 is 0 Å². The molecular weight excluding hydrogens is 871 g/mol. The molecule has 0 saturated carbocycles. The monoisotopic (exact) mass is 928 g/mol. The molecule has 6 rings (SSSR count). The standard InChI is InChI=1S/2C21H28N6O4.2ClH/c2*1-5-27-16(9-13(4)26-27)20(29)25-21-23-15-10-14(19(22)28)11-17(18(15)24-21)31-8-6-7-30-12(2)3;;/h2*9-12H,5-8H2,1-4H3,(H2,22,28)(H2,23,24,25,29);2*1H. The van der Waals surface area contributed by atoms with E-state index < -0.39 is 11.8 Å². The van der Waals surface area contributed by atoms with Gasteiger partial charge in [-0.05, 0) is 91.8 Å². The maximum absolute atomic E-state index is 12.7. The number of aromatic amines is 2. The summed E-state index contributed by atoms with van der Waals surface area (Å²) in [5.41, 5.74) is 15.8. The number of H-pyrrole nitrogens is 2. The average molecular weight is 930 g/mol. The van der Waals surface area contributed by atoms with Gasteiger partial charge in [-0.2, -0.15) is 10.2 Å². The van der Waals surface area contributed by atoms with Crippen molar-refractivity contribution in [2.75, 3.05) is 37.1 Å². The fourth-order valence-electron chi connectivity index (χ4n) is 6.20. The molecule has 0 unspecified atom stereocenters. The van der Waals surface area contributed by atoms with Crippen LogP contribution in [-0.4, -0.2) is 102 Å². The molecule has 0 bridgehead atoms.